The fraction of sp³-hybridized carbons (Fsp3) is 0.296. The van der Waals surface area contributed by atoms with E-state index >= 15 is 0 Å². The Kier molecular flexibility index (Phi) is 7.41. The number of benzene rings is 3. The monoisotopic (exact) mass is 430 g/mol. The molecule has 0 aliphatic carbocycles. The van der Waals surface area contributed by atoms with E-state index < -0.39 is 0 Å². The minimum absolute atomic E-state index is 0.0165. The molecule has 0 bridgehead atoms. The second-order valence-electron chi connectivity index (χ2n) is 8.11. The van der Waals surface area contributed by atoms with Crippen LogP contribution in [-0.2, 0) is 22.6 Å². The van der Waals surface area contributed by atoms with Crippen molar-refractivity contribution in [3.8, 4) is 5.75 Å². The Morgan fingerprint density at radius 2 is 1.72 bits per heavy atom. The molecule has 1 unspecified atom stereocenters. The maximum Gasteiger partial charge on any atom is 0.224 e. The molecule has 5 nitrogen and oxygen atoms in total. The van der Waals surface area contributed by atoms with Crippen LogP contribution < -0.4 is 15.0 Å². The van der Waals surface area contributed by atoms with Gasteiger partial charge in [0.2, 0.25) is 5.91 Å². The number of rotatable bonds is 9. The highest BCUT2D eigenvalue weighted by molar-refractivity contribution is 5.91. The molecule has 166 valence electrons. The Morgan fingerprint density at radius 1 is 0.969 bits per heavy atom. The van der Waals surface area contributed by atoms with Gasteiger partial charge in [-0.05, 0) is 60.4 Å². The molecule has 1 fully saturated rings. The zero-order valence-electron chi connectivity index (χ0n) is 18.5. The zero-order valence-corrected chi connectivity index (χ0v) is 18.5. The molecule has 1 amide bonds. The van der Waals surface area contributed by atoms with Crippen LogP contribution >= 0.6 is 0 Å². The molecule has 1 heterocycles. The smallest absolute Gasteiger partial charge is 0.224 e. The summed E-state index contributed by atoms with van der Waals surface area (Å²) in [7, 11) is 1.76. The number of amides is 1. The third-order valence-electron chi connectivity index (χ3n) is 5.81. The van der Waals surface area contributed by atoms with Crippen LogP contribution in [0.3, 0.4) is 0 Å². The van der Waals surface area contributed by atoms with Gasteiger partial charge >= 0.3 is 0 Å². The topological polar surface area (TPSA) is 50.8 Å². The predicted octanol–water partition coefficient (Wildman–Crippen LogP) is 5.06. The van der Waals surface area contributed by atoms with E-state index in [4.69, 9.17) is 9.47 Å². The van der Waals surface area contributed by atoms with Crippen molar-refractivity contribution < 1.29 is 14.3 Å². The first-order valence-corrected chi connectivity index (χ1v) is 11.1. The second kappa shape index (κ2) is 10.8. The summed E-state index contributed by atoms with van der Waals surface area (Å²) < 4.78 is 11.3. The number of carbonyl (C=O) groups excluding carboxylic acids is 1. The summed E-state index contributed by atoms with van der Waals surface area (Å²) in [6.45, 7) is 2.46. The molecule has 0 radical (unpaired) electrons. The molecular weight excluding hydrogens is 400 g/mol. The summed E-state index contributed by atoms with van der Waals surface area (Å²) in [4.78, 5) is 14.7. The van der Waals surface area contributed by atoms with Gasteiger partial charge in [-0.3, -0.25) is 4.79 Å². The number of nitrogens with one attached hydrogen (secondary N) is 1. The Hall–Kier alpha value is -3.31. The summed E-state index contributed by atoms with van der Waals surface area (Å²) in [6.07, 6.45) is 2.48. The van der Waals surface area contributed by atoms with Crippen LogP contribution in [0.1, 0.15) is 24.0 Å². The summed E-state index contributed by atoms with van der Waals surface area (Å²) in [5.74, 6) is 0.847. The molecule has 0 aromatic heterocycles. The lowest BCUT2D eigenvalue weighted by molar-refractivity contribution is -0.116. The first-order valence-electron chi connectivity index (χ1n) is 11.1. The Balaban J connectivity index is 1.21. The number of methoxy groups -OCH3 is 1. The first kappa shape index (κ1) is 21.9. The van der Waals surface area contributed by atoms with Gasteiger partial charge in [0.1, 0.15) is 12.4 Å². The summed E-state index contributed by atoms with van der Waals surface area (Å²) in [6, 6.07) is 26.1. The first-order chi connectivity index (χ1) is 15.7. The molecule has 1 N–H and O–H groups in total. The van der Waals surface area contributed by atoms with Crippen LogP contribution in [0.2, 0.25) is 0 Å². The molecular formula is C27H30N2O3. The highest BCUT2D eigenvalue weighted by atomic mass is 16.5. The number of nitrogens with zero attached hydrogens (tertiary/aromatic N) is 1. The van der Waals surface area contributed by atoms with Gasteiger partial charge in [-0.1, -0.05) is 42.5 Å². The highest BCUT2D eigenvalue weighted by Gasteiger charge is 2.22. The van der Waals surface area contributed by atoms with Crippen molar-refractivity contribution in [2.45, 2.75) is 32.0 Å². The molecule has 0 saturated carbocycles. The van der Waals surface area contributed by atoms with Crippen molar-refractivity contribution >= 4 is 17.3 Å². The van der Waals surface area contributed by atoms with Crippen LogP contribution in [0.15, 0.2) is 78.9 Å². The molecule has 3 aromatic carbocycles. The Labute approximate surface area is 190 Å². The van der Waals surface area contributed by atoms with Crippen molar-refractivity contribution in [3.63, 3.8) is 0 Å². The van der Waals surface area contributed by atoms with E-state index in [1.54, 1.807) is 7.11 Å². The highest BCUT2D eigenvalue weighted by Crippen LogP contribution is 2.23. The SMILES string of the molecule is COC1CCN(c2ccc(NC(=O)CCc3ccc(OCc4ccccc4)cc3)cc2)C1. The molecule has 1 atom stereocenters. The number of carbonyl (C=O) groups is 1. The van der Waals surface area contributed by atoms with E-state index in [0.29, 0.717) is 25.6 Å². The molecule has 1 aliphatic rings. The fourth-order valence-corrected chi connectivity index (χ4v) is 3.89. The fourth-order valence-electron chi connectivity index (χ4n) is 3.89. The molecule has 1 aliphatic heterocycles. The van der Waals surface area contributed by atoms with E-state index in [9.17, 15) is 4.79 Å². The van der Waals surface area contributed by atoms with Gasteiger partial charge in [0.05, 0.1) is 6.10 Å². The number of aryl methyl sites for hydroxylation is 1. The van der Waals surface area contributed by atoms with Crippen molar-refractivity contribution in [1.82, 2.24) is 0 Å². The predicted molar refractivity (Wildman–Crippen MR) is 128 cm³/mol. The van der Waals surface area contributed by atoms with Crippen molar-refractivity contribution in [1.29, 1.82) is 0 Å². The van der Waals surface area contributed by atoms with Crippen molar-refractivity contribution in [2.24, 2.45) is 0 Å². The third-order valence-corrected chi connectivity index (χ3v) is 5.81. The van der Waals surface area contributed by atoms with Gasteiger partial charge in [0.25, 0.3) is 0 Å². The number of hydrogen-bond donors (Lipinski definition) is 1. The van der Waals surface area contributed by atoms with Gasteiger partial charge in [-0.25, -0.2) is 0 Å². The maximum absolute atomic E-state index is 12.4. The lowest BCUT2D eigenvalue weighted by Gasteiger charge is -2.18. The van der Waals surface area contributed by atoms with Gasteiger partial charge < -0.3 is 19.7 Å². The van der Waals surface area contributed by atoms with Crippen LogP contribution in [0.25, 0.3) is 0 Å². The van der Waals surface area contributed by atoms with E-state index in [2.05, 4.69) is 22.3 Å². The van der Waals surface area contributed by atoms with Crippen LogP contribution in [-0.4, -0.2) is 32.2 Å². The number of ether oxygens (including phenoxy) is 2. The summed E-state index contributed by atoms with van der Waals surface area (Å²) in [5, 5.41) is 2.99. The number of anilines is 2. The average Bonchev–Trinajstić information content (AvgIpc) is 3.33. The van der Waals surface area contributed by atoms with Gasteiger partial charge in [0.15, 0.2) is 0 Å². The zero-order chi connectivity index (χ0) is 22.2. The van der Waals surface area contributed by atoms with Gasteiger partial charge in [-0.2, -0.15) is 0 Å². The average molecular weight is 431 g/mol. The lowest BCUT2D eigenvalue weighted by atomic mass is 10.1. The van der Waals surface area contributed by atoms with Gasteiger partial charge in [0, 0.05) is 38.0 Å². The van der Waals surface area contributed by atoms with Crippen LogP contribution in [0.5, 0.6) is 5.75 Å². The van der Waals surface area contributed by atoms with E-state index in [1.807, 2.05) is 66.7 Å². The summed E-state index contributed by atoms with van der Waals surface area (Å²) in [5.41, 5.74) is 4.24. The molecule has 0 spiro atoms. The van der Waals surface area contributed by atoms with E-state index in [1.165, 1.54) is 0 Å². The standard InChI is InChI=1S/C27H30N2O3/c1-31-26-17-18-29(19-26)24-12-10-23(11-13-24)28-27(30)16-9-21-7-14-25(15-8-21)32-20-22-5-3-2-4-6-22/h2-8,10-15,26H,9,16-20H2,1H3,(H,28,30). The van der Waals surface area contributed by atoms with Gasteiger partial charge in [-0.15, -0.1) is 0 Å². The molecule has 3 aromatic rings. The van der Waals surface area contributed by atoms with E-state index in [-0.39, 0.29) is 5.91 Å². The Morgan fingerprint density at radius 3 is 2.41 bits per heavy atom. The van der Waals surface area contributed by atoms with Crippen molar-refractivity contribution in [3.05, 3.63) is 90.0 Å². The molecule has 32 heavy (non-hydrogen) atoms. The van der Waals surface area contributed by atoms with E-state index in [0.717, 1.165) is 47.8 Å². The minimum atomic E-state index is 0.0165. The molecule has 4 rings (SSSR count). The minimum Gasteiger partial charge on any atom is -0.489 e. The van der Waals surface area contributed by atoms with Crippen LogP contribution in [0, 0.1) is 0 Å². The normalized spacial score (nSPS) is 15.5. The Bertz CT molecular complexity index is 988. The maximum atomic E-state index is 12.4. The largest absolute Gasteiger partial charge is 0.489 e. The third kappa shape index (κ3) is 6.11. The molecule has 1 saturated heterocycles. The lowest BCUT2D eigenvalue weighted by Crippen LogP contribution is -2.22. The molecule has 5 heteroatoms. The summed E-state index contributed by atoms with van der Waals surface area (Å²) >= 11 is 0. The quantitative estimate of drug-likeness (QED) is 0.515. The van der Waals surface area contributed by atoms with Crippen molar-refractivity contribution in [2.75, 3.05) is 30.4 Å². The van der Waals surface area contributed by atoms with Crippen LogP contribution in [0.4, 0.5) is 11.4 Å². The second-order valence-corrected chi connectivity index (χ2v) is 8.11. The number of hydrogen-bond acceptors (Lipinski definition) is 4.